The number of nitrogens with one attached hydrogen (secondary N) is 1. The van der Waals surface area contributed by atoms with E-state index in [9.17, 15) is 4.79 Å². The molecule has 1 rings (SSSR count). The number of likely N-dealkylation sites (N-methyl/N-ethyl adjacent to an activating group) is 1. The predicted octanol–water partition coefficient (Wildman–Crippen LogP) is 1.73. The molecule has 0 aromatic heterocycles. The Morgan fingerprint density at radius 2 is 2.00 bits per heavy atom. The van der Waals surface area contributed by atoms with Crippen LogP contribution in [0, 0.1) is 0 Å². The largest absolute Gasteiger partial charge is 0.347 e. The molecule has 2 unspecified atom stereocenters. The molecular weight excluding hydrogens is 220 g/mol. The Balaban J connectivity index is 2.47. The van der Waals surface area contributed by atoms with E-state index in [1.165, 1.54) is 25.7 Å². The fourth-order valence-corrected chi connectivity index (χ4v) is 3.29. The maximum absolute atomic E-state index is 11.8. The van der Waals surface area contributed by atoms with Crippen LogP contribution in [-0.4, -0.2) is 48.5 Å². The molecule has 1 amide bonds. The molecule has 0 saturated heterocycles. The Morgan fingerprint density at radius 1 is 1.38 bits per heavy atom. The third kappa shape index (κ3) is 3.67. The molecule has 0 aliphatic heterocycles. The molecule has 4 heteroatoms. The van der Waals surface area contributed by atoms with Crippen LogP contribution in [-0.2, 0) is 4.79 Å². The van der Waals surface area contributed by atoms with Gasteiger partial charge in [0.1, 0.15) is 0 Å². The van der Waals surface area contributed by atoms with Gasteiger partial charge in [-0.2, -0.15) is 11.8 Å². The van der Waals surface area contributed by atoms with E-state index in [0.717, 1.165) is 0 Å². The quantitative estimate of drug-likeness (QED) is 0.817. The fraction of sp³-hybridized carbons (Fsp3) is 0.917. The number of hydrogen-bond donors (Lipinski definition) is 1. The molecule has 1 saturated carbocycles. The number of nitrogens with zero attached hydrogens (tertiary/aromatic N) is 1. The van der Waals surface area contributed by atoms with Gasteiger partial charge in [-0.05, 0) is 26.0 Å². The van der Waals surface area contributed by atoms with Gasteiger partial charge in [0.05, 0.1) is 6.04 Å². The molecule has 1 aliphatic carbocycles. The van der Waals surface area contributed by atoms with Crippen molar-refractivity contribution in [3.05, 3.63) is 0 Å². The van der Waals surface area contributed by atoms with Crippen molar-refractivity contribution in [2.75, 3.05) is 20.4 Å². The number of carbonyl (C=O) groups is 1. The Bertz CT molecular complexity index is 233. The average molecular weight is 244 g/mol. The Kier molecular flexibility index (Phi) is 5.62. The van der Waals surface area contributed by atoms with Crippen molar-refractivity contribution >= 4 is 17.7 Å². The third-order valence-electron chi connectivity index (χ3n) is 3.28. The summed E-state index contributed by atoms with van der Waals surface area (Å²) in [5.41, 5.74) is 0. The summed E-state index contributed by atoms with van der Waals surface area (Å²) in [7, 11) is 3.63. The van der Waals surface area contributed by atoms with E-state index < -0.39 is 0 Å². The lowest BCUT2D eigenvalue weighted by Gasteiger charge is -2.33. The Morgan fingerprint density at radius 3 is 2.56 bits per heavy atom. The molecule has 3 nitrogen and oxygen atoms in total. The molecule has 1 N–H and O–H groups in total. The molecule has 0 radical (unpaired) electrons. The summed E-state index contributed by atoms with van der Waals surface area (Å²) < 4.78 is 0. The fourth-order valence-electron chi connectivity index (χ4n) is 2.35. The lowest BCUT2D eigenvalue weighted by Crippen LogP contribution is -2.50. The monoisotopic (exact) mass is 244 g/mol. The summed E-state index contributed by atoms with van der Waals surface area (Å²) in [5.74, 6) is 0.172. The van der Waals surface area contributed by atoms with E-state index >= 15 is 0 Å². The summed E-state index contributed by atoms with van der Waals surface area (Å²) in [5, 5.41) is 4.16. The van der Waals surface area contributed by atoms with Crippen LogP contribution >= 0.6 is 11.8 Å². The summed E-state index contributed by atoms with van der Waals surface area (Å²) in [6.45, 7) is 1.97. The minimum absolute atomic E-state index is 0.0623. The summed E-state index contributed by atoms with van der Waals surface area (Å²) in [4.78, 5) is 13.4. The first-order chi connectivity index (χ1) is 7.56. The van der Waals surface area contributed by atoms with Crippen LogP contribution in [0.2, 0.25) is 0 Å². The summed E-state index contributed by atoms with van der Waals surface area (Å²) >= 11 is 1.93. The van der Waals surface area contributed by atoms with E-state index in [1.54, 1.807) is 4.90 Å². The van der Waals surface area contributed by atoms with Crippen molar-refractivity contribution in [3.8, 4) is 0 Å². The zero-order chi connectivity index (χ0) is 12.1. The van der Waals surface area contributed by atoms with Crippen LogP contribution in [0.25, 0.3) is 0 Å². The van der Waals surface area contributed by atoms with Crippen LogP contribution in [0.3, 0.4) is 0 Å². The van der Waals surface area contributed by atoms with Crippen molar-refractivity contribution in [3.63, 3.8) is 0 Å². The second kappa shape index (κ2) is 6.50. The molecule has 1 fully saturated rings. The number of carbonyl (C=O) groups excluding carboxylic acids is 1. The number of thioether (sulfide) groups is 1. The first-order valence-corrected chi connectivity index (χ1v) is 7.35. The molecule has 94 valence electrons. The Labute approximate surface area is 103 Å². The van der Waals surface area contributed by atoms with Crippen molar-refractivity contribution in [1.29, 1.82) is 0 Å². The van der Waals surface area contributed by atoms with Gasteiger partial charge in [0.25, 0.3) is 0 Å². The van der Waals surface area contributed by atoms with Gasteiger partial charge in [-0.1, -0.05) is 12.8 Å². The minimum Gasteiger partial charge on any atom is -0.347 e. The van der Waals surface area contributed by atoms with E-state index in [4.69, 9.17) is 0 Å². The van der Waals surface area contributed by atoms with Crippen LogP contribution in [0.5, 0.6) is 0 Å². The topological polar surface area (TPSA) is 32.3 Å². The molecule has 0 heterocycles. The number of rotatable bonds is 4. The molecule has 0 aromatic rings. The van der Waals surface area contributed by atoms with Crippen molar-refractivity contribution in [2.45, 2.75) is 49.9 Å². The highest BCUT2D eigenvalue weighted by Gasteiger charge is 2.27. The van der Waals surface area contributed by atoms with Gasteiger partial charge in [-0.3, -0.25) is 4.79 Å². The highest BCUT2D eigenvalue weighted by molar-refractivity contribution is 7.99. The van der Waals surface area contributed by atoms with Crippen molar-refractivity contribution in [2.24, 2.45) is 0 Å². The normalized spacial score (nSPS) is 27.5. The van der Waals surface area contributed by atoms with Crippen LogP contribution in [0.1, 0.15) is 32.6 Å². The van der Waals surface area contributed by atoms with Gasteiger partial charge < -0.3 is 10.2 Å². The molecular formula is C12H24N2OS. The van der Waals surface area contributed by atoms with Gasteiger partial charge in [-0.25, -0.2) is 0 Å². The van der Waals surface area contributed by atoms with Gasteiger partial charge in [0, 0.05) is 25.4 Å². The Hall–Kier alpha value is -0.220. The van der Waals surface area contributed by atoms with E-state index in [-0.39, 0.29) is 11.9 Å². The first kappa shape index (κ1) is 13.8. The molecule has 16 heavy (non-hydrogen) atoms. The lowest BCUT2D eigenvalue weighted by atomic mass is 9.94. The van der Waals surface area contributed by atoms with Gasteiger partial charge in [0.15, 0.2) is 0 Å². The van der Waals surface area contributed by atoms with E-state index in [0.29, 0.717) is 11.3 Å². The van der Waals surface area contributed by atoms with Gasteiger partial charge in [-0.15, -0.1) is 0 Å². The van der Waals surface area contributed by atoms with E-state index in [1.807, 2.05) is 32.8 Å². The molecule has 0 aromatic carbocycles. The maximum atomic E-state index is 11.8. The SMILES string of the molecule is CSC1CCCCC1N[C@H](C)C(=O)N(C)C. The predicted molar refractivity (Wildman–Crippen MR) is 70.9 cm³/mol. The third-order valence-corrected chi connectivity index (χ3v) is 4.45. The van der Waals surface area contributed by atoms with Crippen LogP contribution < -0.4 is 5.32 Å². The molecule has 0 bridgehead atoms. The lowest BCUT2D eigenvalue weighted by molar-refractivity contribution is -0.130. The highest BCUT2D eigenvalue weighted by Crippen LogP contribution is 2.27. The maximum Gasteiger partial charge on any atom is 0.238 e. The number of hydrogen-bond acceptors (Lipinski definition) is 3. The van der Waals surface area contributed by atoms with Crippen molar-refractivity contribution in [1.82, 2.24) is 10.2 Å². The summed E-state index contributed by atoms with van der Waals surface area (Å²) in [6.07, 6.45) is 7.28. The van der Waals surface area contributed by atoms with E-state index in [2.05, 4.69) is 11.6 Å². The molecule has 0 spiro atoms. The minimum atomic E-state index is -0.0623. The molecule has 1 aliphatic rings. The zero-order valence-electron chi connectivity index (χ0n) is 10.8. The van der Waals surface area contributed by atoms with Crippen LogP contribution in [0.15, 0.2) is 0 Å². The number of amides is 1. The van der Waals surface area contributed by atoms with Gasteiger partial charge in [0.2, 0.25) is 5.91 Å². The van der Waals surface area contributed by atoms with Gasteiger partial charge >= 0.3 is 0 Å². The summed E-state index contributed by atoms with van der Waals surface area (Å²) in [6, 6.07) is 0.440. The zero-order valence-corrected chi connectivity index (χ0v) is 11.6. The van der Waals surface area contributed by atoms with Crippen LogP contribution in [0.4, 0.5) is 0 Å². The smallest absolute Gasteiger partial charge is 0.238 e. The first-order valence-electron chi connectivity index (χ1n) is 6.06. The average Bonchev–Trinajstić information content (AvgIpc) is 2.28. The second-order valence-electron chi connectivity index (χ2n) is 4.79. The molecule has 3 atom stereocenters. The standard InChI is InChI=1S/C12H24N2OS/c1-9(12(15)14(2)3)13-10-7-5-6-8-11(10)16-4/h9-11,13H,5-8H2,1-4H3/t9-,10?,11?/m1/s1. The van der Waals surface area contributed by atoms with Crippen molar-refractivity contribution < 1.29 is 4.79 Å². The highest BCUT2D eigenvalue weighted by atomic mass is 32.2. The second-order valence-corrected chi connectivity index (χ2v) is 5.86.